The maximum atomic E-state index is 13.6. The van der Waals surface area contributed by atoms with Crippen molar-refractivity contribution in [1.29, 1.82) is 0 Å². The van der Waals surface area contributed by atoms with Crippen LogP contribution in [0.2, 0.25) is 0 Å². The average molecular weight is 494 g/mol. The molecule has 0 saturated carbocycles. The van der Waals surface area contributed by atoms with Gasteiger partial charge >= 0.3 is 5.97 Å². The highest BCUT2D eigenvalue weighted by Crippen LogP contribution is 2.36. The molecule has 1 aromatic carbocycles. The van der Waals surface area contributed by atoms with Crippen LogP contribution >= 0.6 is 11.3 Å². The normalized spacial score (nSPS) is 15.4. The summed E-state index contributed by atoms with van der Waals surface area (Å²) in [7, 11) is 0. The summed E-state index contributed by atoms with van der Waals surface area (Å²) < 4.78 is 18.9. The summed E-state index contributed by atoms with van der Waals surface area (Å²) in [6, 6.07) is 8.41. The first-order chi connectivity index (χ1) is 17.0. The number of ether oxygens (including phenoxy) is 3. The van der Waals surface area contributed by atoms with E-state index in [2.05, 4.69) is 9.98 Å². The third-order valence-corrected chi connectivity index (χ3v) is 6.37. The summed E-state index contributed by atoms with van der Waals surface area (Å²) in [6.07, 6.45) is 5.14. The molecule has 2 aromatic heterocycles. The quantitative estimate of drug-likeness (QED) is 0.448. The molecule has 8 nitrogen and oxygen atoms in total. The largest absolute Gasteiger partial charge is 0.490 e. The highest BCUT2D eigenvalue weighted by Gasteiger charge is 2.34. The van der Waals surface area contributed by atoms with E-state index in [0.29, 0.717) is 50.9 Å². The van der Waals surface area contributed by atoms with Gasteiger partial charge in [-0.3, -0.25) is 14.3 Å². The third kappa shape index (κ3) is 4.90. The molecule has 0 bridgehead atoms. The van der Waals surface area contributed by atoms with Gasteiger partial charge in [0.25, 0.3) is 5.56 Å². The Morgan fingerprint density at radius 2 is 1.89 bits per heavy atom. The van der Waals surface area contributed by atoms with Gasteiger partial charge in [-0.05, 0) is 63.1 Å². The third-order valence-electron chi connectivity index (χ3n) is 5.38. The molecule has 0 spiro atoms. The summed E-state index contributed by atoms with van der Waals surface area (Å²) in [5.41, 5.74) is 2.08. The first kappa shape index (κ1) is 24.4. The van der Waals surface area contributed by atoms with Gasteiger partial charge in [-0.15, -0.1) is 0 Å². The molecule has 0 saturated heterocycles. The van der Waals surface area contributed by atoms with E-state index in [1.165, 1.54) is 11.3 Å². The highest BCUT2D eigenvalue weighted by molar-refractivity contribution is 7.07. The molecule has 0 radical (unpaired) electrons. The monoisotopic (exact) mass is 493 g/mol. The summed E-state index contributed by atoms with van der Waals surface area (Å²) in [4.78, 5) is 35.9. The van der Waals surface area contributed by atoms with Crippen LogP contribution in [0.25, 0.3) is 6.08 Å². The SMILES string of the molecule is CCOC(=O)C1=C(C)N=c2sc(=Cc3cccnc3)c(=O)n2[C@H]1c1ccc(OCC)c(OCC)c1. The summed E-state index contributed by atoms with van der Waals surface area (Å²) in [6.45, 7) is 8.42. The predicted octanol–water partition coefficient (Wildman–Crippen LogP) is 2.99. The Hall–Kier alpha value is -3.72. The first-order valence-electron chi connectivity index (χ1n) is 11.5. The molecule has 0 N–H and O–H groups in total. The molecule has 35 heavy (non-hydrogen) atoms. The maximum absolute atomic E-state index is 13.6. The number of benzene rings is 1. The molecular formula is C26H27N3O5S. The molecule has 0 aliphatic carbocycles. The lowest BCUT2D eigenvalue weighted by Crippen LogP contribution is -2.40. The van der Waals surface area contributed by atoms with Crippen molar-refractivity contribution in [3.05, 3.63) is 84.8 Å². The number of thiazole rings is 1. The molecule has 0 unspecified atom stereocenters. The molecule has 0 amide bonds. The van der Waals surface area contributed by atoms with E-state index >= 15 is 0 Å². The molecule has 3 heterocycles. The van der Waals surface area contributed by atoms with Gasteiger partial charge in [-0.25, -0.2) is 9.79 Å². The highest BCUT2D eigenvalue weighted by atomic mass is 32.1. The van der Waals surface area contributed by atoms with E-state index in [9.17, 15) is 9.59 Å². The van der Waals surface area contributed by atoms with Crippen molar-refractivity contribution in [2.24, 2.45) is 4.99 Å². The number of allylic oxidation sites excluding steroid dienone is 1. The lowest BCUT2D eigenvalue weighted by molar-refractivity contribution is -0.139. The van der Waals surface area contributed by atoms with Gasteiger partial charge in [-0.1, -0.05) is 23.5 Å². The molecule has 0 fully saturated rings. The van der Waals surface area contributed by atoms with Crippen molar-refractivity contribution in [2.45, 2.75) is 33.7 Å². The number of hydrogen-bond donors (Lipinski definition) is 0. The zero-order chi connectivity index (χ0) is 24.9. The molecule has 4 rings (SSSR count). The summed E-state index contributed by atoms with van der Waals surface area (Å²) in [5.74, 6) is 0.634. The minimum Gasteiger partial charge on any atom is -0.490 e. The minimum atomic E-state index is -0.726. The van der Waals surface area contributed by atoms with Crippen molar-refractivity contribution in [2.75, 3.05) is 19.8 Å². The Balaban J connectivity index is 1.95. The molecule has 1 aliphatic heterocycles. The second-order valence-electron chi connectivity index (χ2n) is 7.66. The lowest BCUT2D eigenvalue weighted by atomic mass is 9.95. The predicted molar refractivity (Wildman–Crippen MR) is 133 cm³/mol. The van der Waals surface area contributed by atoms with Crippen molar-refractivity contribution in [3.8, 4) is 11.5 Å². The van der Waals surface area contributed by atoms with E-state index in [1.807, 2.05) is 38.1 Å². The van der Waals surface area contributed by atoms with Crippen molar-refractivity contribution < 1.29 is 19.0 Å². The Morgan fingerprint density at radius 1 is 1.11 bits per heavy atom. The van der Waals surface area contributed by atoms with Gasteiger partial charge in [0.1, 0.15) is 0 Å². The topological polar surface area (TPSA) is 92.0 Å². The van der Waals surface area contributed by atoms with Crippen LogP contribution in [-0.2, 0) is 9.53 Å². The van der Waals surface area contributed by atoms with Crippen LogP contribution in [-0.4, -0.2) is 35.3 Å². The van der Waals surface area contributed by atoms with Crippen molar-refractivity contribution in [1.82, 2.24) is 9.55 Å². The fraction of sp³-hybridized carbons (Fsp3) is 0.308. The number of carbonyl (C=O) groups excluding carboxylic acids is 1. The van der Waals surface area contributed by atoms with Crippen LogP contribution in [0.4, 0.5) is 0 Å². The molecule has 1 aliphatic rings. The number of fused-ring (bicyclic) bond motifs is 1. The van der Waals surface area contributed by atoms with Gasteiger partial charge in [0.2, 0.25) is 0 Å². The van der Waals surface area contributed by atoms with Gasteiger partial charge in [0.15, 0.2) is 16.3 Å². The number of carbonyl (C=O) groups is 1. The van der Waals surface area contributed by atoms with E-state index in [1.54, 1.807) is 43.0 Å². The minimum absolute atomic E-state index is 0.210. The Bertz CT molecular complexity index is 1440. The average Bonchev–Trinajstić information content (AvgIpc) is 3.14. The maximum Gasteiger partial charge on any atom is 0.338 e. The van der Waals surface area contributed by atoms with E-state index < -0.39 is 12.0 Å². The number of esters is 1. The second kappa shape index (κ2) is 10.7. The Morgan fingerprint density at radius 3 is 2.57 bits per heavy atom. The molecular weight excluding hydrogens is 466 g/mol. The number of nitrogens with zero attached hydrogens (tertiary/aromatic N) is 3. The Kier molecular flexibility index (Phi) is 7.45. The molecule has 3 aromatic rings. The lowest BCUT2D eigenvalue weighted by Gasteiger charge is -2.25. The fourth-order valence-corrected chi connectivity index (χ4v) is 5.00. The van der Waals surface area contributed by atoms with Gasteiger partial charge in [0, 0.05) is 12.4 Å². The second-order valence-corrected chi connectivity index (χ2v) is 8.67. The first-order valence-corrected chi connectivity index (χ1v) is 12.3. The van der Waals surface area contributed by atoms with Crippen LogP contribution in [0.3, 0.4) is 0 Å². The molecule has 1 atom stereocenters. The number of rotatable bonds is 8. The summed E-state index contributed by atoms with van der Waals surface area (Å²) in [5, 5.41) is 0. The van der Waals surface area contributed by atoms with Crippen LogP contribution in [0.15, 0.2) is 63.8 Å². The Labute approximate surface area is 206 Å². The summed E-state index contributed by atoms with van der Waals surface area (Å²) >= 11 is 1.27. The molecule has 182 valence electrons. The van der Waals surface area contributed by atoms with Crippen molar-refractivity contribution >= 4 is 23.4 Å². The van der Waals surface area contributed by atoms with Crippen LogP contribution < -0.4 is 24.4 Å². The zero-order valence-electron chi connectivity index (χ0n) is 20.1. The molecule has 9 heteroatoms. The van der Waals surface area contributed by atoms with Crippen LogP contribution in [0, 0.1) is 0 Å². The number of aromatic nitrogens is 2. The van der Waals surface area contributed by atoms with E-state index in [-0.39, 0.29) is 12.2 Å². The zero-order valence-corrected chi connectivity index (χ0v) is 20.9. The fourth-order valence-electron chi connectivity index (χ4n) is 3.96. The van der Waals surface area contributed by atoms with Gasteiger partial charge in [0.05, 0.1) is 41.7 Å². The standard InChI is InChI=1S/C26H27N3O5S/c1-5-32-19-11-10-18(14-20(19)33-6-2)23-22(25(31)34-7-3)16(4)28-26-29(23)24(30)21(35-26)13-17-9-8-12-27-15-17/h8-15,23H,5-7H2,1-4H3/t23-/m0/s1. The van der Waals surface area contributed by atoms with Gasteiger partial charge in [-0.2, -0.15) is 0 Å². The number of hydrogen-bond acceptors (Lipinski definition) is 8. The number of pyridine rings is 1. The van der Waals surface area contributed by atoms with Crippen molar-refractivity contribution in [3.63, 3.8) is 0 Å². The van der Waals surface area contributed by atoms with Gasteiger partial charge < -0.3 is 14.2 Å². The van der Waals surface area contributed by atoms with E-state index in [4.69, 9.17) is 14.2 Å². The van der Waals surface area contributed by atoms with Crippen LogP contribution in [0.1, 0.15) is 44.9 Å². The van der Waals surface area contributed by atoms with Crippen LogP contribution in [0.5, 0.6) is 11.5 Å². The smallest absolute Gasteiger partial charge is 0.338 e. The van der Waals surface area contributed by atoms with E-state index in [0.717, 1.165) is 5.56 Å².